The lowest BCUT2D eigenvalue weighted by Gasteiger charge is -2.35. The van der Waals surface area contributed by atoms with Crippen LogP contribution in [0, 0.1) is 0 Å². The number of nitrogens with one attached hydrogen (secondary N) is 1. The SMILES string of the molecule is CNC(=O)[C@@H]1CN(Cc2ccccc2OC(C)C)c2ccccc2O1. The lowest BCUT2D eigenvalue weighted by molar-refractivity contribution is -0.127. The maximum absolute atomic E-state index is 12.1. The van der Waals surface area contributed by atoms with Crippen molar-refractivity contribution < 1.29 is 14.3 Å². The molecule has 25 heavy (non-hydrogen) atoms. The zero-order chi connectivity index (χ0) is 17.8. The zero-order valence-corrected chi connectivity index (χ0v) is 14.9. The predicted octanol–water partition coefficient (Wildman–Crippen LogP) is 2.99. The molecular weight excluding hydrogens is 316 g/mol. The van der Waals surface area contributed by atoms with E-state index < -0.39 is 6.10 Å². The first-order valence-corrected chi connectivity index (χ1v) is 8.55. The van der Waals surface area contributed by atoms with Gasteiger partial charge in [-0.3, -0.25) is 4.79 Å². The van der Waals surface area contributed by atoms with Crippen molar-refractivity contribution >= 4 is 11.6 Å². The number of anilines is 1. The van der Waals surface area contributed by atoms with Crippen molar-refractivity contribution in [2.45, 2.75) is 32.6 Å². The molecule has 1 aliphatic rings. The van der Waals surface area contributed by atoms with E-state index in [2.05, 4.69) is 16.3 Å². The van der Waals surface area contributed by atoms with Crippen LogP contribution in [0.15, 0.2) is 48.5 Å². The molecule has 5 nitrogen and oxygen atoms in total. The van der Waals surface area contributed by atoms with E-state index in [1.165, 1.54) is 0 Å². The van der Waals surface area contributed by atoms with Gasteiger partial charge in [-0.25, -0.2) is 0 Å². The third kappa shape index (κ3) is 3.87. The second kappa shape index (κ2) is 7.47. The summed E-state index contributed by atoms with van der Waals surface area (Å²) in [4.78, 5) is 14.3. The van der Waals surface area contributed by atoms with Crippen molar-refractivity contribution in [3.05, 3.63) is 54.1 Å². The van der Waals surface area contributed by atoms with E-state index in [0.29, 0.717) is 13.1 Å². The molecule has 0 saturated heterocycles. The maximum Gasteiger partial charge on any atom is 0.262 e. The molecule has 0 fully saturated rings. The minimum Gasteiger partial charge on any atom is -0.491 e. The van der Waals surface area contributed by atoms with Crippen LogP contribution in [0.5, 0.6) is 11.5 Å². The first-order valence-electron chi connectivity index (χ1n) is 8.55. The van der Waals surface area contributed by atoms with Crippen molar-refractivity contribution in [3.63, 3.8) is 0 Å². The van der Waals surface area contributed by atoms with Crippen molar-refractivity contribution in [3.8, 4) is 11.5 Å². The molecule has 0 saturated carbocycles. The Balaban J connectivity index is 1.90. The van der Waals surface area contributed by atoms with Gasteiger partial charge >= 0.3 is 0 Å². The quantitative estimate of drug-likeness (QED) is 0.909. The number of benzene rings is 2. The van der Waals surface area contributed by atoms with E-state index >= 15 is 0 Å². The summed E-state index contributed by atoms with van der Waals surface area (Å²) in [6, 6.07) is 15.8. The number of amides is 1. The van der Waals surface area contributed by atoms with Gasteiger partial charge in [0.15, 0.2) is 6.10 Å². The molecule has 0 aromatic heterocycles. The van der Waals surface area contributed by atoms with E-state index in [1.807, 2.05) is 56.3 Å². The molecule has 2 aromatic carbocycles. The Bertz CT molecular complexity index is 745. The Morgan fingerprint density at radius 2 is 1.96 bits per heavy atom. The smallest absolute Gasteiger partial charge is 0.262 e. The second-order valence-corrected chi connectivity index (χ2v) is 6.34. The molecule has 5 heteroatoms. The molecule has 0 unspecified atom stereocenters. The summed E-state index contributed by atoms with van der Waals surface area (Å²) in [6.07, 6.45) is -0.421. The minimum atomic E-state index is -0.530. The summed E-state index contributed by atoms with van der Waals surface area (Å²) in [7, 11) is 1.63. The van der Waals surface area contributed by atoms with E-state index in [9.17, 15) is 4.79 Å². The van der Waals surface area contributed by atoms with Gasteiger partial charge in [-0.2, -0.15) is 0 Å². The molecule has 1 aliphatic heterocycles. The topological polar surface area (TPSA) is 50.8 Å². The van der Waals surface area contributed by atoms with Gasteiger partial charge in [-0.1, -0.05) is 30.3 Å². The highest BCUT2D eigenvalue weighted by Crippen LogP contribution is 2.35. The molecule has 0 aliphatic carbocycles. The third-order valence-corrected chi connectivity index (χ3v) is 4.10. The number of likely N-dealkylation sites (N-methyl/N-ethyl adjacent to an activating group) is 1. The Hall–Kier alpha value is -2.69. The van der Waals surface area contributed by atoms with Crippen molar-refractivity contribution in [2.24, 2.45) is 0 Å². The van der Waals surface area contributed by atoms with Crippen LogP contribution in [0.25, 0.3) is 0 Å². The fraction of sp³-hybridized carbons (Fsp3) is 0.350. The van der Waals surface area contributed by atoms with Gasteiger partial charge in [0.05, 0.1) is 18.3 Å². The van der Waals surface area contributed by atoms with Crippen LogP contribution in [-0.2, 0) is 11.3 Å². The van der Waals surface area contributed by atoms with E-state index in [1.54, 1.807) is 7.05 Å². The van der Waals surface area contributed by atoms with Crippen LogP contribution in [0.1, 0.15) is 19.4 Å². The number of hydrogen-bond donors (Lipinski definition) is 1. The maximum atomic E-state index is 12.1. The summed E-state index contributed by atoms with van der Waals surface area (Å²) in [6.45, 7) is 5.17. The molecule has 3 rings (SSSR count). The van der Waals surface area contributed by atoms with Gasteiger partial charge < -0.3 is 19.7 Å². The Labute approximate surface area is 148 Å². The van der Waals surface area contributed by atoms with Crippen LogP contribution in [-0.4, -0.2) is 31.7 Å². The van der Waals surface area contributed by atoms with Gasteiger partial charge in [0.1, 0.15) is 11.5 Å². The molecule has 1 atom stereocenters. The van der Waals surface area contributed by atoms with Gasteiger partial charge in [-0.15, -0.1) is 0 Å². The minimum absolute atomic E-state index is 0.108. The monoisotopic (exact) mass is 340 g/mol. The van der Waals surface area contributed by atoms with Crippen molar-refractivity contribution in [2.75, 3.05) is 18.5 Å². The van der Waals surface area contributed by atoms with Gasteiger partial charge in [0.25, 0.3) is 5.91 Å². The van der Waals surface area contributed by atoms with E-state index in [4.69, 9.17) is 9.47 Å². The fourth-order valence-corrected chi connectivity index (χ4v) is 2.96. The highest BCUT2D eigenvalue weighted by atomic mass is 16.5. The number of nitrogens with zero attached hydrogens (tertiary/aromatic N) is 1. The van der Waals surface area contributed by atoms with Crippen LogP contribution in [0.4, 0.5) is 5.69 Å². The number of rotatable bonds is 5. The van der Waals surface area contributed by atoms with Gasteiger partial charge in [-0.05, 0) is 32.0 Å². The third-order valence-electron chi connectivity index (χ3n) is 4.10. The molecule has 132 valence electrons. The summed E-state index contributed by atoms with van der Waals surface area (Å²) in [5.74, 6) is 1.48. The average Bonchev–Trinajstić information content (AvgIpc) is 2.62. The average molecular weight is 340 g/mol. The number of carbonyl (C=O) groups excluding carboxylic acids is 1. The van der Waals surface area contributed by atoms with Crippen molar-refractivity contribution in [1.82, 2.24) is 5.32 Å². The number of fused-ring (bicyclic) bond motifs is 1. The number of ether oxygens (including phenoxy) is 2. The molecule has 0 radical (unpaired) electrons. The van der Waals surface area contributed by atoms with Crippen LogP contribution in [0.3, 0.4) is 0 Å². The summed E-state index contributed by atoms with van der Waals surface area (Å²) in [5.41, 5.74) is 2.07. The number of para-hydroxylation sites is 3. The van der Waals surface area contributed by atoms with E-state index in [0.717, 1.165) is 22.7 Å². The number of hydrogen-bond acceptors (Lipinski definition) is 4. The van der Waals surface area contributed by atoms with Crippen molar-refractivity contribution in [1.29, 1.82) is 0 Å². The van der Waals surface area contributed by atoms with Gasteiger partial charge in [0.2, 0.25) is 0 Å². The Kier molecular flexibility index (Phi) is 5.12. The Morgan fingerprint density at radius 1 is 1.24 bits per heavy atom. The molecule has 0 spiro atoms. The lowest BCUT2D eigenvalue weighted by Crippen LogP contribution is -2.48. The highest BCUT2D eigenvalue weighted by molar-refractivity contribution is 5.83. The van der Waals surface area contributed by atoms with Crippen LogP contribution in [0.2, 0.25) is 0 Å². The summed E-state index contributed by atoms with van der Waals surface area (Å²) < 4.78 is 11.8. The zero-order valence-electron chi connectivity index (χ0n) is 14.9. The first kappa shape index (κ1) is 17.1. The molecule has 0 bridgehead atoms. The molecule has 1 N–H and O–H groups in total. The first-order chi connectivity index (χ1) is 12.1. The molecule has 1 amide bonds. The Morgan fingerprint density at radius 3 is 2.72 bits per heavy atom. The highest BCUT2D eigenvalue weighted by Gasteiger charge is 2.30. The largest absolute Gasteiger partial charge is 0.491 e. The molecule has 2 aromatic rings. The number of carbonyl (C=O) groups is 1. The molecule has 1 heterocycles. The predicted molar refractivity (Wildman–Crippen MR) is 98.2 cm³/mol. The fourth-order valence-electron chi connectivity index (χ4n) is 2.96. The van der Waals surface area contributed by atoms with Crippen LogP contribution < -0.4 is 19.7 Å². The van der Waals surface area contributed by atoms with Crippen LogP contribution >= 0.6 is 0 Å². The summed E-state index contributed by atoms with van der Waals surface area (Å²) in [5, 5.41) is 2.67. The van der Waals surface area contributed by atoms with E-state index in [-0.39, 0.29) is 12.0 Å². The molecular formula is C20H24N2O3. The standard InChI is InChI=1S/C20H24N2O3/c1-14(2)24-17-10-6-4-8-15(17)12-22-13-19(20(23)21-3)25-18-11-7-5-9-16(18)22/h4-11,14,19H,12-13H2,1-3H3,(H,21,23)/t19-/m0/s1. The second-order valence-electron chi connectivity index (χ2n) is 6.34. The summed E-state index contributed by atoms with van der Waals surface area (Å²) >= 11 is 0. The lowest BCUT2D eigenvalue weighted by atomic mass is 10.1. The van der Waals surface area contributed by atoms with Gasteiger partial charge in [0, 0.05) is 19.2 Å². The normalized spacial score (nSPS) is 16.2.